The van der Waals surface area contributed by atoms with Gasteiger partial charge in [0.15, 0.2) is 0 Å². The summed E-state index contributed by atoms with van der Waals surface area (Å²) in [7, 11) is 0. The molecule has 1 fully saturated rings. The molecule has 0 unspecified atom stereocenters. The Morgan fingerprint density at radius 2 is 2.13 bits per heavy atom. The van der Waals surface area contributed by atoms with Crippen LogP contribution in [0.5, 0.6) is 0 Å². The Balaban J connectivity index is 2.17. The number of imidazole rings is 1. The fraction of sp³-hybridized carbons (Fsp3) is 0.273. The summed E-state index contributed by atoms with van der Waals surface area (Å²) in [6.07, 6.45) is 1.37. The van der Waals surface area contributed by atoms with Crippen LogP contribution in [0.1, 0.15) is 18.7 Å². The lowest BCUT2D eigenvalue weighted by atomic mass is 10.1. The quantitative estimate of drug-likeness (QED) is 0.778. The molecular formula is C11H10N2O2. The molecule has 0 atom stereocenters. The highest BCUT2D eigenvalue weighted by molar-refractivity contribution is 5.85. The van der Waals surface area contributed by atoms with Crippen LogP contribution in [0.4, 0.5) is 0 Å². The second-order valence-electron chi connectivity index (χ2n) is 3.99. The number of carboxylic acid groups (broad SMARTS) is 1. The second-order valence-corrected chi connectivity index (χ2v) is 3.99. The predicted octanol–water partition coefficient (Wildman–Crippen LogP) is 1.68. The highest BCUT2D eigenvalue weighted by Crippen LogP contribution is 2.47. The van der Waals surface area contributed by atoms with Crippen molar-refractivity contribution in [3.63, 3.8) is 0 Å². The number of para-hydroxylation sites is 2. The van der Waals surface area contributed by atoms with Gasteiger partial charge in [0.1, 0.15) is 11.2 Å². The van der Waals surface area contributed by atoms with Crippen molar-refractivity contribution in [3.8, 4) is 0 Å². The van der Waals surface area contributed by atoms with Crippen molar-refractivity contribution < 1.29 is 9.90 Å². The number of rotatable bonds is 2. The maximum absolute atomic E-state index is 11.1. The number of carboxylic acids is 1. The van der Waals surface area contributed by atoms with E-state index in [1.807, 2.05) is 24.3 Å². The van der Waals surface area contributed by atoms with Gasteiger partial charge in [-0.3, -0.25) is 4.79 Å². The number of aromatic amines is 1. The van der Waals surface area contributed by atoms with Gasteiger partial charge in [0.05, 0.1) is 11.0 Å². The summed E-state index contributed by atoms with van der Waals surface area (Å²) in [6, 6.07) is 7.59. The Bertz CT molecular complexity index is 507. The van der Waals surface area contributed by atoms with Crippen molar-refractivity contribution in [1.82, 2.24) is 9.97 Å². The number of nitrogens with one attached hydrogen (secondary N) is 1. The van der Waals surface area contributed by atoms with Gasteiger partial charge in [-0.05, 0) is 25.0 Å². The number of aromatic nitrogens is 2. The number of carbonyl (C=O) groups is 1. The molecule has 1 saturated carbocycles. The van der Waals surface area contributed by atoms with Crippen molar-refractivity contribution >= 4 is 17.0 Å². The van der Waals surface area contributed by atoms with Crippen LogP contribution in [0.3, 0.4) is 0 Å². The van der Waals surface area contributed by atoms with Gasteiger partial charge in [-0.2, -0.15) is 0 Å². The average Bonchev–Trinajstić information content (AvgIpc) is 2.93. The molecule has 76 valence electrons. The number of benzene rings is 1. The largest absolute Gasteiger partial charge is 0.480 e. The summed E-state index contributed by atoms with van der Waals surface area (Å²) in [5, 5.41) is 9.12. The molecule has 1 aliphatic carbocycles. The second kappa shape index (κ2) is 2.59. The summed E-state index contributed by atoms with van der Waals surface area (Å²) >= 11 is 0. The van der Waals surface area contributed by atoms with Crippen LogP contribution in [0.2, 0.25) is 0 Å². The molecule has 4 nitrogen and oxygen atoms in total. The lowest BCUT2D eigenvalue weighted by Gasteiger charge is -2.03. The van der Waals surface area contributed by atoms with Gasteiger partial charge >= 0.3 is 5.97 Å². The molecule has 0 saturated heterocycles. The van der Waals surface area contributed by atoms with Crippen molar-refractivity contribution in [3.05, 3.63) is 30.1 Å². The van der Waals surface area contributed by atoms with Crippen molar-refractivity contribution in [2.75, 3.05) is 0 Å². The van der Waals surface area contributed by atoms with Gasteiger partial charge in [-0.25, -0.2) is 4.98 Å². The number of aliphatic carboxylic acids is 1. The third-order valence-corrected chi connectivity index (χ3v) is 3.00. The Labute approximate surface area is 86.0 Å². The molecule has 0 bridgehead atoms. The van der Waals surface area contributed by atoms with Crippen LogP contribution < -0.4 is 0 Å². The number of nitrogens with zero attached hydrogens (tertiary/aromatic N) is 1. The minimum absolute atomic E-state index is 0.594. The Morgan fingerprint density at radius 3 is 2.73 bits per heavy atom. The summed E-state index contributed by atoms with van der Waals surface area (Å²) < 4.78 is 0. The van der Waals surface area contributed by atoms with Gasteiger partial charge in [-0.15, -0.1) is 0 Å². The Hall–Kier alpha value is -1.84. The minimum Gasteiger partial charge on any atom is -0.480 e. The van der Waals surface area contributed by atoms with Crippen LogP contribution in [-0.2, 0) is 10.2 Å². The normalized spacial score (nSPS) is 17.9. The van der Waals surface area contributed by atoms with E-state index in [0.717, 1.165) is 11.0 Å². The first-order valence-electron chi connectivity index (χ1n) is 4.91. The van der Waals surface area contributed by atoms with Gasteiger partial charge in [-0.1, -0.05) is 12.1 Å². The molecule has 2 N–H and O–H groups in total. The first-order chi connectivity index (χ1) is 7.22. The lowest BCUT2D eigenvalue weighted by Crippen LogP contribution is -2.20. The first-order valence-corrected chi connectivity index (χ1v) is 4.91. The smallest absolute Gasteiger partial charge is 0.317 e. The van der Waals surface area contributed by atoms with E-state index in [0.29, 0.717) is 18.7 Å². The third-order valence-electron chi connectivity index (χ3n) is 3.00. The predicted molar refractivity (Wildman–Crippen MR) is 54.6 cm³/mol. The summed E-state index contributed by atoms with van der Waals surface area (Å²) in [5.74, 6) is -0.183. The summed E-state index contributed by atoms with van der Waals surface area (Å²) in [6.45, 7) is 0. The van der Waals surface area contributed by atoms with Crippen molar-refractivity contribution in [1.29, 1.82) is 0 Å². The highest BCUT2D eigenvalue weighted by Gasteiger charge is 2.54. The molecule has 0 amide bonds. The zero-order valence-corrected chi connectivity index (χ0v) is 8.03. The number of fused-ring (bicyclic) bond motifs is 1. The summed E-state index contributed by atoms with van der Waals surface area (Å²) in [5.41, 5.74) is 0.999. The van der Waals surface area contributed by atoms with Crippen LogP contribution in [0, 0.1) is 0 Å². The molecule has 0 aliphatic heterocycles. The maximum atomic E-state index is 11.1. The van der Waals surface area contributed by atoms with E-state index in [-0.39, 0.29) is 0 Å². The molecule has 3 rings (SSSR count). The zero-order valence-electron chi connectivity index (χ0n) is 8.03. The topological polar surface area (TPSA) is 66.0 Å². The highest BCUT2D eigenvalue weighted by atomic mass is 16.4. The monoisotopic (exact) mass is 202 g/mol. The van der Waals surface area contributed by atoms with Gasteiger partial charge in [0.25, 0.3) is 0 Å². The van der Waals surface area contributed by atoms with Crippen molar-refractivity contribution in [2.45, 2.75) is 18.3 Å². The van der Waals surface area contributed by atoms with Gasteiger partial charge < -0.3 is 10.1 Å². The molecule has 2 aromatic rings. The molecule has 0 radical (unpaired) electrons. The lowest BCUT2D eigenvalue weighted by molar-refractivity contribution is -0.140. The van der Waals surface area contributed by atoms with E-state index in [2.05, 4.69) is 9.97 Å². The molecule has 15 heavy (non-hydrogen) atoms. The van der Waals surface area contributed by atoms with E-state index < -0.39 is 11.4 Å². The van der Waals surface area contributed by atoms with E-state index in [1.165, 1.54) is 0 Å². The Morgan fingerprint density at radius 1 is 1.40 bits per heavy atom. The van der Waals surface area contributed by atoms with E-state index in [9.17, 15) is 4.79 Å². The molecular weight excluding hydrogens is 192 g/mol. The number of hydrogen-bond acceptors (Lipinski definition) is 2. The van der Waals surface area contributed by atoms with Crippen LogP contribution in [0.25, 0.3) is 11.0 Å². The molecule has 1 aromatic heterocycles. The van der Waals surface area contributed by atoms with Crippen LogP contribution in [0.15, 0.2) is 24.3 Å². The van der Waals surface area contributed by atoms with Crippen LogP contribution >= 0.6 is 0 Å². The summed E-state index contributed by atoms with van der Waals surface area (Å²) in [4.78, 5) is 18.5. The molecule has 0 spiro atoms. The van der Waals surface area contributed by atoms with E-state index >= 15 is 0 Å². The minimum atomic E-state index is -0.776. The maximum Gasteiger partial charge on any atom is 0.317 e. The zero-order chi connectivity index (χ0) is 10.5. The van der Waals surface area contributed by atoms with Crippen molar-refractivity contribution in [2.24, 2.45) is 0 Å². The number of H-pyrrole nitrogens is 1. The fourth-order valence-corrected chi connectivity index (χ4v) is 1.86. The molecule has 1 aromatic carbocycles. The number of hydrogen-bond donors (Lipinski definition) is 2. The van der Waals surface area contributed by atoms with E-state index in [1.54, 1.807) is 0 Å². The standard InChI is InChI=1S/C11H10N2O2/c14-10(15)11(5-6-11)9-12-7-3-1-2-4-8(7)13-9/h1-4H,5-6H2,(H,12,13)(H,14,15). The molecule has 1 aliphatic rings. The average molecular weight is 202 g/mol. The van der Waals surface area contributed by atoms with Gasteiger partial charge in [0.2, 0.25) is 0 Å². The third kappa shape index (κ3) is 1.08. The molecule has 4 heteroatoms. The first kappa shape index (κ1) is 8.47. The van der Waals surface area contributed by atoms with Gasteiger partial charge in [0, 0.05) is 0 Å². The molecule has 1 heterocycles. The SMILES string of the molecule is O=C(O)C1(c2nc3ccccc3[nH]2)CC1. The van der Waals surface area contributed by atoms with E-state index in [4.69, 9.17) is 5.11 Å². The van der Waals surface area contributed by atoms with Crippen LogP contribution in [-0.4, -0.2) is 21.0 Å². The Kier molecular flexibility index (Phi) is 1.46. The fourth-order valence-electron chi connectivity index (χ4n) is 1.86.